The molecule has 0 aliphatic rings. The lowest BCUT2D eigenvalue weighted by Crippen LogP contribution is -2.40. The quantitative estimate of drug-likeness (QED) is 0.326. The number of ether oxygens (including phenoxy) is 2. The van der Waals surface area contributed by atoms with Crippen LogP contribution >= 0.6 is 0 Å². The van der Waals surface area contributed by atoms with Crippen LogP contribution in [0.3, 0.4) is 0 Å². The average molecular weight is 426 g/mol. The fraction of sp³-hybridized carbons (Fsp3) is 0.278. The third kappa shape index (κ3) is 5.48. The number of benzene rings is 2. The maximum absolute atomic E-state index is 13.4. The Kier molecular flexibility index (Phi) is 6.24. The van der Waals surface area contributed by atoms with Crippen molar-refractivity contribution in [2.75, 3.05) is 7.11 Å². The van der Waals surface area contributed by atoms with Gasteiger partial charge in [-0.25, -0.2) is 22.3 Å². The third-order valence-electron chi connectivity index (χ3n) is 3.45. The Hall–Kier alpha value is -3.05. The lowest BCUT2D eigenvalue weighted by molar-refractivity contribution is -0.385. The van der Waals surface area contributed by atoms with Gasteiger partial charge in [-0.3, -0.25) is 10.1 Å². The molecule has 0 fully saturated rings. The summed E-state index contributed by atoms with van der Waals surface area (Å²) in [6.45, 7) is 4.91. The van der Waals surface area contributed by atoms with Crippen molar-refractivity contribution in [3.63, 3.8) is 0 Å². The molecule has 0 amide bonds. The molecule has 0 bridgehead atoms. The number of carbonyl (C=O) groups is 1. The Morgan fingerprint density at radius 1 is 1.14 bits per heavy atom. The van der Waals surface area contributed by atoms with Gasteiger partial charge in [-0.05, 0) is 45.0 Å². The van der Waals surface area contributed by atoms with Crippen LogP contribution < -0.4 is 14.2 Å². The Balaban J connectivity index is 2.46. The number of hydrogen-bond donors (Lipinski definition) is 1. The minimum absolute atomic E-state index is 0.0185. The number of nitrogens with zero attached hydrogens (tertiary/aromatic N) is 1. The zero-order valence-electron chi connectivity index (χ0n) is 16.1. The number of nitro benzene ring substituents is 1. The maximum atomic E-state index is 13.4. The topological polar surface area (TPSA) is 125 Å². The number of halogens is 1. The molecule has 0 atom stereocenters. The molecule has 0 radical (unpaired) electrons. The summed E-state index contributed by atoms with van der Waals surface area (Å²) < 4.78 is 51.2. The van der Waals surface area contributed by atoms with Crippen LogP contribution in [0.25, 0.3) is 0 Å². The van der Waals surface area contributed by atoms with Gasteiger partial charge < -0.3 is 9.47 Å². The van der Waals surface area contributed by atoms with E-state index >= 15 is 0 Å². The molecule has 0 unspecified atom stereocenters. The second-order valence-electron chi connectivity index (χ2n) is 6.98. The minimum atomic E-state index is -4.07. The van der Waals surface area contributed by atoms with Gasteiger partial charge in [0.15, 0.2) is 0 Å². The molecule has 2 aromatic carbocycles. The summed E-state index contributed by atoms with van der Waals surface area (Å²) in [5, 5.41) is 11.0. The van der Waals surface area contributed by atoms with Crippen LogP contribution in [0.5, 0.6) is 11.5 Å². The van der Waals surface area contributed by atoms with Gasteiger partial charge >= 0.3 is 11.7 Å². The van der Waals surface area contributed by atoms with Gasteiger partial charge in [0.1, 0.15) is 16.5 Å². The van der Waals surface area contributed by atoms with Crippen LogP contribution in [-0.4, -0.2) is 32.0 Å². The first-order chi connectivity index (χ1) is 13.3. The van der Waals surface area contributed by atoms with E-state index < -0.39 is 43.7 Å². The number of esters is 1. The summed E-state index contributed by atoms with van der Waals surface area (Å²) in [6.07, 6.45) is 0. The van der Waals surface area contributed by atoms with Crippen molar-refractivity contribution in [1.29, 1.82) is 0 Å². The van der Waals surface area contributed by atoms with Gasteiger partial charge in [0.05, 0.1) is 17.6 Å². The van der Waals surface area contributed by atoms with Crippen molar-refractivity contribution in [3.8, 4) is 11.5 Å². The summed E-state index contributed by atoms with van der Waals surface area (Å²) in [5.41, 5.74) is -1.64. The minimum Gasteiger partial charge on any atom is -0.495 e. The third-order valence-corrected chi connectivity index (χ3v) is 5.23. The molecule has 0 aliphatic heterocycles. The van der Waals surface area contributed by atoms with Gasteiger partial charge in [-0.15, -0.1) is 0 Å². The molecule has 0 saturated heterocycles. The molecule has 9 nitrogen and oxygen atoms in total. The largest absolute Gasteiger partial charge is 0.495 e. The molecule has 1 N–H and O–H groups in total. The highest BCUT2D eigenvalue weighted by Gasteiger charge is 2.27. The fourth-order valence-electron chi connectivity index (χ4n) is 2.35. The highest BCUT2D eigenvalue weighted by atomic mass is 32.2. The zero-order chi connectivity index (χ0) is 22.0. The monoisotopic (exact) mass is 426 g/mol. The first-order valence-corrected chi connectivity index (χ1v) is 9.70. The molecule has 2 aromatic rings. The summed E-state index contributed by atoms with van der Waals surface area (Å²) in [6, 6.07) is 5.88. The molecule has 0 aromatic heterocycles. The highest BCUT2D eigenvalue weighted by molar-refractivity contribution is 7.89. The molecule has 0 aliphatic carbocycles. The number of hydrogen-bond acceptors (Lipinski definition) is 7. The Bertz CT molecular complexity index is 1060. The van der Waals surface area contributed by atoms with Crippen molar-refractivity contribution in [3.05, 3.63) is 57.9 Å². The average Bonchev–Trinajstić information content (AvgIpc) is 2.58. The lowest BCUT2D eigenvalue weighted by Gasteiger charge is -2.21. The molecule has 0 saturated carbocycles. The zero-order valence-corrected chi connectivity index (χ0v) is 16.9. The SMILES string of the molecule is COc1ccc(C(=O)Oc2cc(F)ccc2[N+](=O)[O-])cc1S(=O)(=O)NC(C)(C)C. The van der Waals surface area contributed by atoms with Crippen LogP contribution in [-0.2, 0) is 10.0 Å². The first kappa shape index (κ1) is 22.2. The molecule has 0 heterocycles. The predicted octanol–water partition coefficient (Wildman–Crippen LogP) is 3.04. The van der Waals surface area contributed by atoms with Gasteiger partial charge in [0, 0.05) is 17.7 Å². The fourth-order valence-corrected chi connectivity index (χ4v) is 3.97. The highest BCUT2D eigenvalue weighted by Crippen LogP contribution is 2.30. The van der Waals surface area contributed by atoms with Crippen LogP contribution in [0, 0.1) is 15.9 Å². The molecule has 2 rings (SSSR count). The maximum Gasteiger partial charge on any atom is 0.343 e. The van der Waals surface area contributed by atoms with Gasteiger partial charge in [0.2, 0.25) is 15.8 Å². The van der Waals surface area contributed by atoms with Crippen LogP contribution in [0.15, 0.2) is 41.3 Å². The first-order valence-electron chi connectivity index (χ1n) is 8.22. The number of methoxy groups -OCH3 is 1. The van der Waals surface area contributed by atoms with Gasteiger partial charge in [-0.2, -0.15) is 0 Å². The van der Waals surface area contributed by atoms with E-state index in [1.807, 2.05) is 0 Å². The number of nitrogens with one attached hydrogen (secondary N) is 1. The second kappa shape index (κ2) is 8.13. The second-order valence-corrected chi connectivity index (χ2v) is 8.63. The van der Waals surface area contributed by atoms with Crippen molar-refractivity contribution in [1.82, 2.24) is 4.72 Å². The number of nitro groups is 1. The number of rotatable bonds is 6. The standard InChI is InChI=1S/C18H19FN2O7S/c1-18(2,3)20-29(25,26)16-9-11(5-8-14(16)27-4)17(22)28-15-10-12(19)6-7-13(15)21(23)24/h5-10,20H,1-4H3. The van der Waals surface area contributed by atoms with Gasteiger partial charge in [0.25, 0.3) is 0 Å². The molecule has 11 heteroatoms. The molecular weight excluding hydrogens is 407 g/mol. The lowest BCUT2D eigenvalue weighted by atomic mass is 10.1. The molecule has 156 valence electrons. The van der Waals surface area contributed by atoms with E-state index in [0.717, 1.165) is 18.2 Å². The summed E-state index contributed by atoms with van der Waals surface area (Å²) in [5.74, 6) is -2.57. The Morgan fingerprint density at radius 3 is 2.34 bits per heavy atom. The smallest absolute Gasteiger partial charge is 0.343 e. The summed E-state index contributed by atoms with van der Waals surface area (Å²) >= 11 is 0. The van der Waals surface area contributed by atoms with E-state index in [0.29, 0.717) is 6.07 Å². The Labute approximate surface area is 166 Å². The summed E-state index contributed by atoms with van der Waals surface area (Å²) in [4.78, 5) is 22.3. The van der Waals surface area contributed by atoms with Crippen LogP contribution in [0.2, 0.25) is 0 Å². The predicted molar refractivity (Wildman–Crippen MR) is 101 cm³/mol. The van der Waals surface area contributed by atoms with Crippen molar-refractivity contribution >= 4 is 21.7 Å². The van der Waals surface area contributed by atoms with E-state index in [4.69, 9.17) is 9.47 Å². The normalized spacial score (nSPS) is 11.8. The number of sulfonamides is 1. The van der Waals surface area contributed by atoms with Crippen LogP contribution in [0.1, 0.15) is 31.1 Å². The van der Waals surface area contributed by atoms with E-state index in [-0.39, 0.29) is 16.2 Å². The number of carbonyl (C=O) groups excluding carboxylic acids is 1. The van der Waals surface area contributed by atoms with Crippen LogP contribution in [0.4, 0.5) is 10.1 Å². The van der Waals surface area contributed by atoms with E-state index in [9.17, 15) is 27.7 Å². The van der Waals surface area contributed by atoms with E-state index in [2.05, 4.69) is 4.72 Å². The van der Waals surface area contributed by atoms with Gasteiger partial charge in [-0.1, -0.05) is 0 Å². The van der Waals surface area contributed by atoms with Crippen molar-refractivity contribution in [2.24, 2.45) is 0 Å². The summed E-state index contributed by atoms with van der Waals surface area (Å²) in [7, 11) is -2.81. The Morgan fingerprint density at radius 2 is 1.79 bits per heavy atom. The van der Waals surface area contributed by atoms with E-state index in [1.54, 1.807) is 20.8 Å². The van der Waals surface area contributed by atoms with Crippen molar-refractivity contribution < 1.29 is 32.0 Å². The molecular formula is C18H19FN2O7S. The van der Waals surface area contributed by atoms with E-state index in [1.165, 1.54) is 19.2 Å². The van der Waals surface area contributed by atoms with Crippen molar-refractivity contribution in [2.45, 2.75) is 31.2 Å². The molecule has 29 heavy (non-hydrogen) atoms. The molecule has 0 spiro atoms.